The third-order valence-corrected chi connectivity index (χ3v) is 5.67. The van der Waals surface area contributed by atoms with Gasteiger partial charge in [-0.05, 0) is 37.6 Å². The molecule has 3 rings (SSSR count). The van der Waals surface area contributed by atoms with E-state index in [0.29, 0.717) is 21.8 Å². The lowest BCUT2D eigenvalue weighted by atomic mass is 9.83. The second-order valence-electron chi connectivity index (χ2n) is 5.61. The van der Waals surface area contributed by atoms with Crippen LogP contribution in [0.3, 0.4) is 0 Å². The smallest absolute Gasteiger partial charge is 0.334 e. The molecule has 118 valence electrons. The van der Waals surface area contributed by atoms with Crippen LogP contribution in [0.5, 0.6) is 0 Å². The summed E-state index contributed by atoms with van der Waals surface area (Å²) in [5, 5.41) is 0. The van der Waals surface area contributed by atoms with Crippen molar-refractivity contribution in [2.24, 2.45) is 0 Å². The normalized spacial score (nSPS) is 22.0. The van der Waals surface area contributed by atoms with Crippen molar-refractivity contribution in [2.45, 2.75) is 35.7 Å². The zero-order valence-corrected chi connectivity index (χ0v) is 14.0. The van der Waals surface area contributed by atoms with Crippen LogP contribution in [0.4, 0.5) is 0 Å². The van der Waals surface area contributed by atoms with Gasteiger partial charge in [0, 0.05) is 16.7 Å². The van der Waals surface area contributed by atoms with Crippen molar-refractivity contribution in [3.63, 3.8) is 0 Å². The fourth-order valence-electron chi connectivity index (χ4n) is 3.00. The van der Waals surface area contributed by atoms with Crippen molar-refractivity contribution in [1.29, 1.82) is 0 Å². The molecular weight excluding hydrogens is 308 g/mol. The van der Waals surface area contributed by atoms with Crippen molar-refractivity contribution < 1.29 is 14.1 Å². The number of ether oxygens (including phenoxy) is 1. The van der Waals surface area contributed by atoms with Gasteiger partial charge in [-0.15, -0.1) is 0 Å². The van der Waals surface area contributed by atoms with Crippen LogP contribution in [0.25, 0.3) is 0 Å². The van der Waals surface area contributed by atoms with E-state index in [1.807, 2.05) is 55.5 Å². The van der Waals surface area contributed by atoms with Crippen molar-refractivity contribution in [3.05, 3.63) is 71.8 Å². The van der Waals surface area contributed by atoms with Gasteiger partial charge in [-0.3, -0.25) is 0 Å². The van der Waals surface area contributed by atoms with Crippen LogP contribution < -0.4 is 0 Å². The molecule has 0 spiro atoms. The number of rotatable bonds is 3. The van der Waals surface area contributed by atoms with Crippen LogP contribution in [0.15, 0.2) is 70.5 Å². The number of benzene rings is 2. The molecule has 1 aliphatic rings. The highest BCUT2D eigenvalue weighted by atomic mass is 32.2. The van der Waals surface area contributed by atoms with Crippen LogP contribution in [0.1, 0.15) is 31.4 Å². The van der Waals surface area contributed by atoms with Gasteiger partial charge in [-0.2, -0.15) is 0 Å². The summed E-state index contributed by atoms with van der Waals surface area (Å²) in [6.45, 7) is 7.27. The van der Waals surface area contributed by atoms with E-state index in [9.17, 15) is 9.35 Å². The molecule has 0 aliphatic carbocycles. The van der Waals surface area contributed by atoms with Gasteiger partial charge < -0.3 is 9.29 Å². The van der Waals surface area contributed by atoms with Gasteiger partial charge in [-0.1, -0.05) is 37.8 Å². The molecular formula is C19H18O3S. The van der Waals surface area contributed by atoms with E-state index >= 15 is 0 Å². The Morgan fingerprint density at radius 1 is 1.13 bits per heavy atom. The highest BCUT2D eigenvalue weighted by Gasteiger charge is 2.48. The SMILES string of the molecule is C=C(C)C(=O)OC1(CC)c2ccccc2[S+]([O-])c2ccccc21. The van der Waals surface area contributed by atoms with E-state index in [1.54, 1.807) is 6.92 Å². The van der Waals surface area contributed by atoms with E-state index < -0.39 is 22.7 Å². The Balaban J connectivity index is 2.28. The zero-order valence-electron chi connectivity index (χ0n) is 13.2. The standard InChI is InChI=1S/C19H18O3S/c1-4-19(22-18(20)13(2)3)14-9-5-7-11-16(14)23(21)17-12-8-6-10-15(17)19/h5-12H,2,4H2,1,3H3. The minimum atomic E-state index is -1.28. The van der Waals surface area contributed by atoms with Crippen molar-refractivity contribution in [1.82, 2.24) is 0 Å². The first kappa shape index (κ1) is 15.8. The predicted octanol–water partition coefficient (Wildman–Crippen LogP) is 3.94. The largest absolute Gasteiger partial charge is 0.606 e. The maximum absolute atomic E-state index is 12.9. The fraction of sp³-hybridized carbons (Fsp3) is 0.211. The number of carbonyl (C=O) groups is 1. The second-order valence-corrected chi connectivity index (χ2v) is 7.03. The van der Waals surface area contributed by atoms with Gasteiger partial charge in [0.05, 0.1) is 11.1 Å². The third-order valence-electron chi connectivity index (χ3n) is 4.16. The Kier molecular flexibility index (Phi) is 4.04. The first-order chi connectivity index (χ1) is 11.0. The van der Waals surface area contributed by atoms with Crippen LogP contribution in [0, 0.1) is 0 Å². The quantitative estimate of drug-likeness (QED) is 0.488. The molecule has 2 aromatic rings. The van der Waals surface area contributed by atoms with E-state index in [2.05, 4.69) is 6.58 Å². The molecule has 3 nitrogen and oxygen atoms in total. The molecule has 4 heteroatoms. The van der Waals surface area contributed by atoms with Crippen LogP contribution in [0.2, 0.25) is 0 Å². The molecule has 0 fully saturated rings. The summed E-state index contributed by atoms with van der Waals surface area (Å²) in [6.07, 6.45) is 0.553. The number of hydrogen-bond donors (Lipinski definition) is 0. The first-order valence-corrected chi connectivity index (χ1v) is 8.66. The molecule has 1 aliphatic heterocycles. The summed E-state index contributed by atoms with van der Waals surface area (Å²) in [7, 11) is 0. The number of esters is 1. The minimum absolute atomic E-state index is 0.347. The number of carbonyl (C=O) groups excluding carboxylic acids is 1. The molecule has 0 aromatic heterocycles. The Bertz CT molecular complexity index is 734. The van der Waals surface area contributed by atoms with Crippen molar-refractivity contribution in [2.75, 3.05) is 0 Å². The number of fused-ring (bicyclic) bond motifs is 2. The van der Waals surface area contributed by atoms with Gasteiger partial charge in [0.25, 0.3) is 0 Å². The lowest BCUT2D eigenvalue weighted by Gasteiger charge is -2.38. The monoisotopic (exact) mass is 326 g/mol. The Morgan fingerprint density at radius 3 is 2.04 bits per heavy atom. The molecule has 0 saturated carbocycles. The molecule has 1 heterocycles. The van der Waals surface area contributed by atoms with Gasteiger partial charge in [0.2, 0.25) is 0 Å². The Labute approximate surface area is 139 Å². The summed E-state index contributed by atoms with van der Waals surface area (Å²) in [4.78, 5) is 13.7. The lowest BCUT2D eigenvalue weighted by Crippen LogP contribution is -2.39. The number of hydrogen-bond acceptors (Lipinski definition) is 3. The second kappa shape index (κ2) is 5.87. The Hall–Kier alpha value is -2.04. The first-order valence-electron chi connectivity index (χ1n) is 7.51. The van der Waals surface area contributed by atoms with Gasteiger partial charge in [0.15, 0.2) is 15.4 Å². The molecule has 0 radical (unpaired) electrons. The summed E-state index contributed by atoms with van der Waals surface area (Å²) >= 11 is -1.28. The van der Waals surface area contributed by atoms with E-state index in [-0.39, 0.29) is 0 Å². The molecule has 0 atom stereocenters. The summed E-state index contributed by atoms with van der Waals surface area (Å²) in [6, 6.07) is 14.9. The fourth-order valence-corrected chi connectivity index (χ4v) is 4.50. The average Bonchev–Trinajstić information content (AvgIpc) is 2.58. The van der Waals surface area contributed by atoms with Crippen molar-refractivity contribution in [3.8, 4) is 0 Å². The van der Waals surface area contributed by atoms with Crippen LogP contribution in [-0.4, -0.2) is 10.5 Å². The topological polar surface area (TPSA) is 49.4 Å². The van der Waals surface area contributed by atoms with E-state index in [4.69, 9.17) is 4.74 Å². The molecule has 0 bridgehead atoms. The maximum Gasteiger partial charge on any atom is 0.334 e. The Morgan fingerprint density at radius 2 is 1.61 bits per heavy atom. The highest BCUT2D eigenvalue weighted by molar-refractivity contribution is 7.91. The summed E-state index contributed by atoms with van der Waals surface area (Å²) < 4.78 is 18.8. The lowest BCUT2D eigenvalue weighted by molar-refractivity contribution is -0.152. The average molecular weight is 326 g/mol. The van der Waals surface area contributed by atoms with Crippen molar-refractivity contribution >= 4 is 17.1 Å². The molecule has 0 saturated heterocycles. The molecule has 2 aromatic carbocycles. The highest BCUT2D eigenvalue weighted by Crippen LogP contribution is 2.48. The van der Waals surface area contributed by atoms with Crippen LogP contribution in [-0.2, 0) is 26.3 Å². The molecule has 23 heavy (non-hydrogen) atoms. The third kappa shape index (κ3) is 2.38. The van der Waals surface area contributed by atoms with Gasteiger partial charge >= 0.3 is 5.97 Å². The van der Waals surface area contributed by atoms with Gasteiger partial charge in [0.1, 0.15) is 0 Å². The summed E-state index contributed by atoms with van der Waals surface area (Å²) in [5.74, 6) is -0.441. The van der Waals surface area contributed by atoms with E-state index in [0.717, 1.165) is 11.1 Å². The molecule has 0 N–H and O–H groups in total. The van der Waals surface area contributed by atoms with Crippen LogP contribution >= 0.6 is 0 Å². The van der Waals surface area contributed by atoms with Gasteiger partial charge in [-0.25, -0.2) is 4.79 Å². The predicted molar refractivity (Wildman–Crippen MR) is 89.5 cm³/mol. The molecule has 0 amide bonds. The molecule has 0 unspecified atom stereocenters. The zero-order chi connectivity index (χ0) is 16.6. The van der Waals surface area contributed by atoms with E-state index in [1.165, 1.54) is 0 Å². The maximum atomic E-state index is 12.9. The summed E-state index contributed by atoms with van der Waals surface area (Å²) in [5.41, 5.74) is 0.986. The minimum Gasteiger partial charge on any atom is -0.606 e.